The van der Waals surface area contributed by atoms with E-state index in [0.717, 1.165) is 10.0 Å². The molecule has 2 aromatic rings. The molecule has 0 unspecified atom stereocenters. The molecule has 0 bridgehead atoms. The van der Waals surface area contributed by atoms with E-state index in [4.69, 9.17) is 9.47 Å². The summed E-state index contributed by atoms with van der Waals surface area (Å²) in [5, 5.41) is 2.61. The molecule has 0 spiro atoms. The second-order valence-electron chi connectivity index (χ2n) is 4.91. The van der Waals surface area contributed by atoms with Crippen molar-refractivity contribution in [2.45, 2.75) is 6.92 Å². The van der Waals surface area contributed by atoms with Gasteiger partial charge in [-0.05, 0) is 52.7 Å². The van der Waals surface area contributed by atoms with E-state index < -0.39 is 30.9 Å². The Balaban J connectivity index is 1.77. The van der Waals surface area contributed by atoms with Crippen molar-refractivity contribution >= 4 is 33.5 Å². The predicted molar refractivity (Wildman–Crippen MR) is 90.4 cm³/mol. The molecule has 24 heavy (non-hydrogen) atoms. The van der Waals surface area contributed by atoms with Gasteiger partial charge in [-0.3, -0.25) is 4.79 Å². The van der Waals surface area contributed by atoms with Crippen molar-refractivity contribution in [1.29, 1.82) is 0 Å². The first-order valence-corrected chi connectivity index (χ1v) is 7.84. The molecule has 0 aliphatic rings. The molecular weight excluding hydrogens is 381 g/mol. The first-order chi connectivity index (χ1) is 11.5. The van der Waals surface area contributed by atoms with Gasteiger partial charge in [-0.1, -0.05) is 18.2 Å². The normalized spacial score (nSPS) is 10.1. The van der Waals surface area contributed by atoms with Gasteiger partial charge in [0.05, 0.1) is 5.69 Å². The van der Waals surface area contributed by atoms with E-state index in [9.17, 15) is 14.0 Å². The van der Waals surface area contributed by atoms with E-state index in [1.807, 2.05) is 19.1 Å². The molecule has 2 rings (SSSR count). The molecule has 0 fully saturated rings. The standard InChI is InChI=1S/C17H15BrFNO4/c1-11-6-7-14(12(18)8-11)20-16(21)9-24-17(22)10-23-15-5-3-2-4-13(15)19/h2-8H,9-10H2,1H3,(H,20,21). The summed E-state index contributed by atoms with van der Waals surface area (Å²) in [6.07, 6.45) is 0. The molecule has 0 aliphatic heterocycles. The van der Waals surface area contributed by atoms with Crippen LogP contribution in [-0.2, 0) is 14.3 Å². The van der Waals surface area contributed by atoms with Gasteiger partial charge in [0.25, 0.3) is 5.91 Å². The number of para-hydroxylation sites is 1. The van der Waals surface area contributed by atoms with Gasteiger partial charge in [0.2, 0.25) is 0 Å². The molecule has 0 atom stereocenters. The summed E-state index contributed by atoms with van der Waals surface area (Å²) >= 11 is 3.34. The summed E-state index contributed by atoms with van der Waals surface area (Å²) in [6.45, 7) is 0.982. The van der Waals surface area contributed by atoms with E-state index in [1.54, 1.807) is 12.1 Å². The number of carbonyl (C=O) groups excluding carboxylic acids is 2. The Morgan fingerprint density at radius 2 is 1.92 bits per heavy atom. The number of halogens is 2. The molecule has 5 nitrogen and oxygen atoms in total. The molecule has 126 valence electrons. The van der Waals surface area contributed by atoms with Crippen LogP contribution < -0.4 is 10.1 Å². The van der Waals surface area contributed by atoms with Crippen molar-refractivity contribution in [1.82, 2.24) is 0 Å². The highest BCUT2D eigenvalue weighted by atomic mass is 79.9. The second-order valence-corrected chi connectivity index (χ2v) is 5.77. The van der Waals surface area contributed by atoms with Crippen molar-refractivity contribution < 1.29 is 23.5 Å². The lowest BCUT2D eigenvalue weighted by Gasteiger charge is -2.09. The fraction of sp³-hybridized carbons (Fsp3) is 0.176. The van der Waals surface area contributed by atoms with Crippen LogP contribution in [0.5, 0.6) is 5.75 Å². The van der Waals surface area contributed by atoms with Crippen LogP contribution in [0.15, 0.2) is 46.9 Å². The first kappa shape index (κ1) is 17.9. The zero-order valence-electron chi connectivity index (χ0n) is 12.8. The highest BCUT2D eigenvalue weighted by Crippen LogP contribution is 2.23. The third kappa shape index (κ3) is 5.34. The topological polar surface area (TPSA) is 64.6 Å². The Bertz CT molecular complexity index is 751. The predicted octanol–water partition coefficient (Wildman–Crippen LogP) is 3.46. The quantitative estimate of drug-likeness (QED) is 0.760. The number of nitrogens with one attached hydrogen (secondary N) is 1. The van der Waals surface area contributed by atoms with Crippen molar-refractivity contribution in [3.8, 4) is 5.75 Å². The van der Waals surface area contributed by atoms with Crippen LogP contribution in [-0.4, -0.2) is 25.1 Å². The number of hydrogen-bond donors (Lipinski definition) is 1. The summed E-state index contributed by atoms with van der Waals surface area (Å²) in [5.74, 6) is -1.88. The number of ether oxygens (including phenoxy) is 2. The molecule has 7 heteroatoms. The Labute approximate surface area is 146 Å². The lowest BCUT2D eigenvalue weighted by Crippen LogP contribution is -2.24. The van der Waals surface area contributed by atoms with Gasteiger partial charge < -0.3 is 14.8 Å². The molecule has 1 amide bonds. The zero-order chi connectivity index (χ0) is 17.5. The van der Waals surface area contributed by atoms with Gasteiger partial charge in [-0.15, -0.1) is 0 Å². The van der Waals surface area contributed by atoms with Crippen LogP contribution in [0.25, 0.3) is 0 Å². The number of carbonyl (C=O) groups is 2. The fourth-order valence-corrected chi connectivity index (χ4v) is 2.39. The maximum atomic E-state index is 13.3. The van der Waals surface area contributed by atoms with E-state index in [1.165, 1.54) is 18.2 Å². The zero-order valence-corrected chi connectivity index (χ0v) is 14.4. The van der Waals surface area contributed by atoms with E-state index >= 15 is 0 Å². The maximum absolute atomic E-state index is 13.3. The number of hydrogen-bond acceptors (Lipinski definition) is 4. The molecule has 1 N–H and O–H groups in total. The van der Waals surface area contributed by atoms with E-state index in [0.29, 0.717) is 5.69 Å². The van der Waals surface area contributed by atoms with Gasteiger partial charge in [-0.2, -0.15) is 0 Å². The SMILES string of the molecule is Cc1ccc(NC(=O)COC(=O)COc2ccccc2F)c(Br)c1. The molecule has 0 aromatic heterocycles. The summed E-state index contributed by atoms with van der Waals surface area (Å²) in [4.78, 5) is 23.3. The van der Waals surface area contributed by atoms with Crippen molar-refractivity contribution in [3.05, 3.63) is 58.3 Å². The smallest absolute Gasteiger partial charge is 0.344 e. The Kier molecular flexibility index (Phi) is 6.31. The van der Waals surface area contributed by atoms with Gasteiger partial charge in [-0.25, -0.2) is 9.18 Å². The molecule has 0 saturated heterocycles. The summed E-state index contributed by atoms with van der Waals surface area (Å²) < 4.78 is 23.8. The van der Waals surface area contributed by atoms with Crippen molar-refractivity contribution in [2.75, 3.05) is 18.5 Å². The Morgan fingerprint density at radius 3 is 2.62 bits per heavy atom. The van der Waals surface area contributed by atoms with Crippen LogP contribution in [0.2, 0.25) is 0 Å². The van der Waals surface area contributed by atoms with Crippen molar-refractivity contribution in [3.63, 3.8) is 0 Å². The average molecular weight is 396 g/mol. The van der Waals surface area contributed by atoms with Gasteiger partial charge in [0.15, 0.2) is 24.8 Å². The number of rotatable bonds is 6. The van der Waals surface area contributed by atoms with Crippen molar-refractivity contribution in [2.24, 2.45) is 0 Å². The minimum Gasteiger partial charge on any atom is -0.479 e. The minimum absolute atomic E-state index is 0.0533. The number of aryl methyl sites for hydroxylation is 1. The maximum Gasteiger partial charge on any atom is 0.344 e. The first-order valence-electron chi connectivity index (χ1n) is 7.04. The van der Waals surface area contributed by atoms with Gasteiger partial charge >= 0.3 is 5.97 Å². The lowest BCUT2D eigenvalue weighted by molar-refractivity contribution is -0.149. The Morgan fingerprint density at radius 1 is 1.17 bits per heavy atom. The van der Waals surface area contributed by atoms with Gasteiger partial charge in [0.1, 0.15) is 0 Å². The largest absolute Gasteiger partial charge is 0.479 e. The summed E-state index contributed by atoms with van der Waals surface area (Å²) in [7, 11) is 0. The third-order valence-corrected chi connectivity index (χ3v) is 3.60. The molecule has 0 aliphatic carbocycles. The highest BCUT2D eigenvalue weighted by Gasteiger charge is 2.11. The summed E-state index contributed by atoms with van der Waals surface area (Å²) in [5.41, 5.74) is 1.61. The highest BCUT2D eigenvalue weighted by molar-refractivity contribution is 9.10. The Hall–Kier alpha value is -2.41. The monoisotopic (exact) mass is 395 g/mol. The minimum atomic E-state index is -0.767. The number of amides is 1. The fourth-order valence-electron chi connectivity index (χ4n) is 1.79. The lowest BCUT2D eigenvalue weighted by atomic mass is 10.2. The van der Waals surface area contributed by atoms with Crippen LogP contribution in [0.4, 0.5) is 10.1 Å². The van der Waals surface area contributed by atoms with Crippen LogP contribution >= 0.6 is 15.9 Å². The average Bonchev–Trinajstić information content (AvgIpc) is 2.55. The molecule has 0 saturated carbocycles. The van der Waals surface area contributed by atoms with Crippen LogP contribution in [0.3, 0.4) is 0 Å². The van der Waals surface area contributed by atoms with Gasteiger partial charge in [0, 0.05) is 4.47 Å². The second kappa shape index (κ2) is 8.44. The van der Waals surface area contributed by atoms with E-state index in [2.05, 4.69) is 21.2 Å². The number of esters is 1. The molecule has 0 heterocycles. The number of benzene rings is 2. The third-order valence-electron chi connectivity index (χ3n) is 2.95. The molecular formula is C17H15BrFNO4. The van der Waals surface area contributed by atoms with E-state index in [-0.39, 0.29) is 5.75 Å². The van der Waals surface area contributed by atoms with Crippen LogP contribution in [0, 0.1) is 12.7 Å². The summed E-state index contributed by atoms with van der Waals surface area (Å²) in [6, 6.07) is 11.1. The van der Waals surface area contributed by atoms with Crippen LogP contribution in [0.1, 0.15) is 5.56 Å². The number of anilines is 1. The molecule has 0 radical (unpaired) electrons. The molecule has 2 aromatic carbocycles.